The first-order valence-corrected chi connectivity index (χ1v) is 35.7. The number of aromatic carboxylic acids is 1. The van der Waals surface area contributed by atoms with Gasteiger partial charge >= 0.3 is 11.9 Å². The molecule has 8 aliphatic rings. The molecule has 0 radical (unpaired) electrons. The number of para-hydroxylation sites is 1. The van der Waals surface area contributed by atoms with Crippen LogP contribution in [-0.2, 0) is 62.4 Å². The molecule has 29 heteroatoms. The quantitative estimate of drug-likeness (QED) is 0.0133. The first-order chi connectivity index (χ1) is 49.3. The summed E-state index contributed by atoms with van der Waals surface area (Å²) in [5, 5.41) is 77.6. The van der Waals surface area contributed by atoms with Gasteiger partial charge in [0.25, 0.3) is 17.7 Å². The summed E-state index contributed by atoms with van der Waals surface area (Å²) in [6.07, 6.45) is 4.28. The predicted octanol–water partition coefficient (Wildman–Crippen LogP) is 6.42. The van der Waals surface area contributed by atoms with Crippen molar-refractivity contribution in [2.75, 3.05) is 68.1 Å². The smallest absolute Gasteiger partial charge is 0.355 e. The maximum Gasteiger partial charge on any atom is 0.355 e. The Kier molecular flexibility index (Phi) is 21.2. The molecule has 6 aromatic rings. The number of hydrogen-bond acceptors (Lipinski definition) is 22. The normalized spacial score (nSPS) is 26.1. The van der Waals surface area contributed by atoms with Crippen LogP contribution in [0.3, 0.4) is 0 Å². The zero-order chi connectivity index (χ0) is 72.5. The topological polar surface area (TPSA) is 376 Å². The van der Waals surface area contributed by atoms with E-state index in [-0.39, 0.29) is 95.6 Å². The van der Waals surface area contributed by atoms with Crippen LogP contribution in [0.15, 0.2) is 97.2 Å². The van der Waals surface area contributed by atoms with Gasteiger partial charge in [-0.2, -0.15) is 5.10 Å². The van der Waals surface area contributed by atoms with E-state index in [9.17, 15) is 64.2 Å². The number of rotatable bonds is 30. The summed E-state index contributed by atoms with van der Waals surface area (Å²) in [7, 11) is 0. The van der Waals surface area contributed by atoms with Gasteiger partial charge in [-0.15, -0.1) is 0 Å². The lowest BCUT2D eigenvalue weighted by atomic mass is 9.39. The molecule has 4 saturated carbocycles. The number of ether oxygens (including phenoxy) is 5. The highest BCUT2D eigenvalue weighted by molar-refractivity contribution is 7.22. The Morgan fingerprint density at radius 1 is 0.835 bits per heavy atom. The molecular formula is C74H86N10O18S. The number of carbonyl (C=O) groups excluding carboxylic acids is 5. The van der Waals surface area contributed by atoms with Crippen LogP contribution >= 0.6 is 11.3 Å². The van der Waals surface area contributed by atoms with Crippen LogP contribution in [0.1, 0.15) is 128 Å². The number of fused-ring (bicyclic) bond motifs is 2. The number of nitrogens with zero attached hydrogens (tertiary/aromatic N) is 7. The molecular weight excluding hydrogens is 1350 g/mol. The summed E-state index contributed by atoms with van der Waals surface area (Å²) < 4.78 is 33.0. The van der Waals surface area contributed by atoms with E-state index >= 15 is 0 Å². The van der Waals surface area contributed by atoms with Gasteiger partial charge < -0.3 is 69.9 Å². The lowest BCUT2D eigenvalue weighted by Crippen LogP contribution is -2.64. The highest BCUT2D eigenvalue weighted by Crippen LogP contribution is 2.72. The Hall–Kier alpha value is -8.88. The molecule has 6 fully saturated rings. The van der Waals surface area contributed by atoms with Gasteiger partial charge in [0.05, 0.1) is 60.2 Å². The Labute approximate surface area is 597 Å². The molecule has 9 N–H and O–H groups in total. The van der Waals surface area contributed by atoms with Gasteiger partial charge in [0.15, 0.2) is 16.9 Å². The highest BCUT2D eigenvalue weighted by Gasteiger charge is 2.66. The number of hydrogen-bond donors (Lipinski definition) is 9. The number of aliphatic carboxylic acids is 1. The molecule has 4 aliphatic carbocycles. The molecule has 5 amide bonds. The summed E-state index contributed by atoms with van der Waals surface area (Å²) in [6.45, 7) is 9.78. The molecule has 3 aromatic heterocycles. The third kappa shape index (κ3) is 16.0. The van der Waals surface area contributed by atoms with Crippen LogP contribution in [0.2, 0.25) is 0 Å². The molecule has 2 saturated heterocycles. The molecule has 4 bridgehead atoms. The maximum absolute atomic E-state index is 13.8. The molecule has 546 valence electrons. The van der Waals surface area contributed by atoms with Crippen molar-refractivity contribution in [3.8, 4) is 16.9 Å². The molecule has 28 nitrogen and oxygen atoms in total. The summed E-state index contributed by atoms with van der Waals surface area (Å²) in [5.74, 6) is -4.27. The zero-order valence-electron chi connectivity index (χ0n) is 57.5. The second-order valence-electron chi connectivity index (χ2n) is 29.2. The van der Waals surface area contributed by atoms with E-state index in [2.05, 4.69) is 34.8 Å². The van der Waals surface area contributed by atoms with Crippen molar-refractivity contribution in [1.82, 2.24) is 34.9 Å². The number of pyridine rings is 1. The number of benzene rings is 3. The molecule has 4 aliphatic heterocycles. The lowest BCUT2D eigenvalue weighted by molar-refractivity contribution is -0.271. The SMILES string of the molecule is Cc1c(-c2ccc(N3CCc4cccc(C(=O)Nc5nc6ccccc6s5)c4C3)nc2C(=O)O)cnn1CC12CC3(C)CC(C)(C1)CC(OCCN(C1COC1)C(O)OC/C=C/c1ccc(O[C@@H]4O[C@H](C(=O)O)[C@@H](O)[C@H](O)[C@H]4O)c(NC(=O)CCNC(=O)CCCCCN4C(=O)C=CC4=O)c1)(C3)C2. The number of aromatic nitrogens is 4. The van der Waals surface area contributed by atoms with E-state index in [1.165, 1.54) is 35.6 Å². The molecule has 8 atom stereocenters. The molecule has 3 unspecified atom stereocenters. The maximum atomic E-state index is 13.8. The summed E-state index contributed by atoms with van der Waals surface area (Å²) in [5.41, 5.74) is 4.95. The van der Waals surface area contributed by atoms with Gasteiger partial charge in [-0.3, -0.25) is 38.9 Å². The number of amides is 5. The van der Waals surface area contributed by atoms with E-state index < -0.39 is 60.6 Å². The third-order valence-corrected chi connectivity index (χ3v) is 21.9. The van der Waals surface area contributed by atoms with Crippen LogP contribution in [0.25, 0.3) is 27.4 Å². The summed E-state index contributed by atoms with van der Waals surface area (Å²) in [6, 6.07) is 21.5. The number of aliphatic hydroxyl groups is 4. The Bertz CT molecular complexity index is 4240. The van der Waals surface area contributed by atoms with Crippen molar-refractivity contribution < 1.29 is 87.9 Å². The number of thiazole rings is 1. The monoisotopic (exact) mass is 1430 g/mol. The predicted molar refractivity (Wildman–Crippen MR) is 375 cm³/mol. The lowest BCUT2D eigenvalue weighted by Gasteiger charge is -2.69. The fourth-order valence-electron chi connectivity index (χ4n) is 17.2. The molecule has 3 aromatic carbocycles. The van der Waals surface area contributed by atoms with Crippen molar-refractivity contribution in [2.45, 2.75) is 160 Å². The van der Waals surface area contributed by atoms with Gasteiger partial charge in [0.1, 0.15) is 29.9 Å². The number of imide groups is 1. The average molecular weight is 1440 g/mol. The number of carboxylic acid groups (broad SMARTS) is 2. The number of nitrogens with one attached hydrogen (secondary N) is 3. The van der Waals surface area contributed by atoms with Crippen molar-refractivity contribution in [3.05, 3.63) is 131 Å². The average Bonchev–Trinajstić information content (AvgIpc) is 1.31. The zero-order valence-corrected chi connectivity index (χ0v) is 58.4. The number of carboxylic acids is 2. The number of aliphatic hydroxyl groups excluding tert-OH is 4. The van der Waals surface area contributed by atoms with Crippen LogP contribution in [-0.4, -0.2) is 203 Å². The minimum atomic E-state index is -1.97. The van der Waals surface area contributed by atoms with Crippen LogP contribution in [0.4, 0.5) is 16.6 Å². The summed E-state index contributed by atoms with van der Waals surface area (Å²) >= 11 is 1.41. The first-order valence-electron chi connectivity index (χ1n) is 34.9. The highest BCUT2D eigenvalue weighted by atomic mass is 32.1. The van der Waals surface area contributed by atoms with Crippen LogP contribution in [0.5, 0.6) is 5.75 Å². The van der Waals surface area contributed by atoms with Gasteiger partial charge in [-0.05, 0) is 140 Å². The Morgan fingerprint density at radius 2 is 1.61 bits per heavy atom. The molecule has 103 heavy (non-hydrogen) atoms. The first kappa shape index (κ1) is 72.5. The minimum Gasteiger partial charge on any atom is -0.479 e. The van der Waals surface area contributed by atoms with Crippen LogP contribution in [0, 0.1) is 23.2 Å². The van der Waals surface area contributed by atoms with Crippen molar-refractivity contribution in [1.29, 1.82) is 0 Å². The number of unbranched alkanes of at least 4 members (excludes halogenated alkanes) is 2. The molecule has 0 spiro atoms. The number of anilines is 3. The van der Waals surface area contributed by atoms with Crippen molar-refractivity contribution >= 4 is 85.7 Å². The van der Waals surface area contributed by atoms with E-state index in [1.807, 2.05) is 69.9 Å². The molecule has 14 rings (SSSR count). The number of carbonyl (C=O) groups is 7. The van der Waals surface area contributed by atoms with Gasteiger partial charge in [0.2, 0.25) is 24.5 Å². The minimum absolute atomic E-state index is 0.0227. The van der Waals surface area contributed by atoms with Crippen LogP contribution < -0.4 is 25.6 Å². The van der Waals surface area contributed by atoms with E-state index in [0.717, 1.165) is 70.5 Å². The largest absolute Gasteiger partial charge is 0.479 e. The Balaban J connectivity index is 0.630. The fourth-order valence-corrected chi connectivity index (χ4v) is 18.1. The van der Waals surface area contributed by atoms with Gasteiger partial charge in [-0.1, -0.05) is 74.1 Å². The second-order valence-corrected chi connectivity index (χ2v) is 30.2. The van der Waals surface area contributed by atoms with E-state index in [4.69, 9.17) is 33.8 Å². The third-order valence-electron chi connectivity index (χ3n) is 20.9. The Morgan fingerprint density at radius 3 is 2.35 bits per heavy atom. The van der Waals surface area contributed by atoms with Gasteiger partial charge in [0, 0.05) is 86.6 Å². The van der Waals surface area contributed by atoms with E-state index in [1.54, 1.807) is 30.5 Å². The van der Waals surface area contributed by atoms with Crippen molar-refractivity contribution in [2.24, 2.45) is 16.2 Å². The summed E-state index contributed by atoms with van der Waals surface area (Å²) in [4.78, 5) is 103. The van der Waals surface area contributed by atoms with Crippen molar-refractivity contribution in [3.63, 3.8) is 0 Å². The standard InChI is InChI=1S/C74H86N10O18S/c1-43-49(47-18-20-55(79-60(47)66(93)94)81-27-24-45-12-9-13-48(50(45)33-81)65(92)80-69-78-51-14-6-7-15-54(51)103-69)32-76-84(43)42-73-37-71(2)36-72(3,38-73)40-74(39-71,41-73)100-30-28-82(46-34-98-35-46)70(97)99-29-10-11-44-17-19-53(101-68-63(91)61(89)62(90)64(102-68)67(95)96)52(31-44)77-57(86)23-25-75-56(85)16-5-4-8-26-83-58(87)21-22-59(83)88/h6-7,9-15,17-22,31-32,46,61-64,68,70,89-91,97H,4-5,8,16,23-30,33-42H2,1-3H3,(H,75,85)(H,77,86)(H,93,94)(H,95,96)(H,78,80,92)/b11-10+/t61-,62-,63+,64-,68+,70?,71?,72?,73?,74?/m0/s1. The molecule has 7 heterocycles. The van der Waals surface area contributed by atoms with E-state index in [0.29, 0.717) is 105 Å². The fraction of sp³-hybridized carbons (Fsp3) is 0.486. The van der Waals surface area contributed by atoms with Gasteiger partial charge in [-0.25, -0.2) is 24.5 Å². The second kappa shape index (κ2) is 30.1.